The van der Waals surface area contributed by atoms with E-state index >= 15 is 0 Å². The van der Waals surface area contributed by atoms with Gasteiger partial charge in [0, 0.05) is 23.5 Å². The Morgan fingerprint density at radius 3 is 2.33 bits per heavy atom. The Kier molecular flexibility index (Phi) is 5.02. The molecule has 0 aliphatic carbocycles. The molecule has 0 spiro atoms. The van der Waals surface area contributed by atoms with E-state index < -0.39 is 18.0 Å². The number of nitrogens with zero attached hydrogens (tertiary/aromatic N) is 2. The lowest BCUT2D eigenvalue weighted by Crippen LogP contribution is -2.31. The van der Waals surface area contributed by atoms with E-state index in [1.54, 1.807) is 30.3 Å². The van der Waals surface area contributed by atoms with Gasteiger partial charge in [0.25, 0.3) is 11.5 Å². The second-order valence-corrected chi connectivity index (χ2v) is 6.89. The molecule has 4 rings (SSSR count). The van der Waals surface area contributed by atoms with Crippen molar-refractivity contribution in [2.45, 2.75) is 13.0 Å². The van der Waals surface area contributed by atoms with Gasteiger partial charge in [0.05, 0.1) is 5.39 Å². The molecule has 0 saturated carbocycles. The van der Waals surface area contributed by atoms with Gasteiger partial charge in [0.2, 0.25) is 0 Å². The highest BCUT2D eigenvalue weighted by molar-refractivity contribution is 6.06. The van der Waals surface area contributed by atoms with E-state index in [4.69, 9.17) is 4.74 Å². The number of anilines is 1. The first kappa shape index (κ1) is 19.3. The molecule has 0 saturated heterocycles. The maximum absolute atomic E-state index is 12.7. The zero-order valence-electron chi connectivity index (χ0n) is 16.5. The third-order valence-corrected chi connectivity index (χ3v) is 4.85. The molecule has 1 heterocycles. The fourth-order valence-electron chi connectivity index (χ4n) is 3.29. The summed E-state index contributed by atoms with van der Waals surface area (Å²) in [5, 5.41) is 9.45. The Morgan fingerprint density at radius 1 is 0.933 bits per heavy atom. The Morgan fingerprint density at radius 2 is 1.57 bits per heavy atom. The predicted octanol–water partition coefficient (Wildman–Crippen LogP) is 3.27. The number of benzene rings is 3. The first-order valence-electron chi connectivity index (χ1n) is 9.41. The van der Waals surface area contributed by atoms with Crippen molar-refractivity contribution in [2.75, 3.05) is 5.32 Å². The molecule has 1 aromatic heterocycles. The van der Waals surface area contributed by atoms with Gasteiger partial charge in [-0.1, -0.05) is 54.6 Å². The van der Waals surface area contributed by atoms with Crippen molar-refractivity contribution < 1.29 is 14.3 Å². The Bertz CT molecular complexity index is 1340. The van der Waals surface area contributed by atoms with Gasteiger partial charge in [0.15, 0.2) is 11.8 Å². The quantitative estimate of drug-likeness (QED) is 0.530. The highest BCUT2D eigenvalue weighted by Gasteiger charge is 2.23. The fraction of sp³-hybridized carbons (Fsp3) is 0.130. The SMILES string of the molecule is CC(OC(=O)c1nn(C)c(=O)c2ccccc12)C(=O)Nc1cccc2ccccc12. The molecule has 7 heteroatoms. The average molecular weight is 401 g/mol. The van der Waals surface area contributed by atoms with Crippen LogP contribution in [0.5, 0.6) is 0 Å². The van der Waals surface area contributed by atoms with Gasteiger partial charge in [-0.15, -0.1) is 0 Å². The second-order valence-electron chi connectivity index (χ2n) is 6.89. The molecule has 3 aromatic carbocycles. The summed E-state index contributed by atoms with van der Waals surface area (Å²) in [6, 6.07) is 19.9. The molecule has 30 heavy (non-hydrogen) atoms. The molecular weight excluding hydrogens is 382 g/mol. The normalized spacial score (nSPS) is 11.9. The molecule has 1 amide bonds. The molecule has 1 atom stereocenters. The number of amides is 1. The second kappa shape index (κ2) is 7.79. The van der Waals surface area contributed by atoms with Gasteiger partial charge in [-0.3, -0.25) is 9.59 Å². The number of aromatic nitrogens is 2. The van der Waals surface area contributed by atoms with Crippen LogP contribution in [0.15, 0.2) is 71.5 Å². The van der Waals surface area contributed by atoms with Crippen LogP contribution < -0.4 is 10.9 Å². The van der Waals surface area contributed by atoms with E-state index in [0.717, 1.165) is 15.5 Å². The summed E-state index contributed by atoms with van der Waals surface area (Å²) >= 11 is 0. The molecule has 0 aliphatic heterocycles. The first-order valence-corrected chi connectivity index (χ1v) is 9.41. The molecule has 1 unspecified atom stereocenters. The number of fused-ring (bicyclic) bond motifs is 2. The summed E-state index contributed by atoms with van der Waals surface area (Å²) in [7, 11) is 1.46. The number of hydrogen-bond donors (Lipinski definition) is 1. The molecule has 7 nitrogen and oxygen atoms in total. The number of carbonyl (C=O) groups is 2. The molecule has 0 aliphatic rings. The van der Waals surface area contributed by atoms with Crippen LogP contribution in [0.25, 0.3) is 21.5 Å². The van der Waals surface area contributed by atoms with E-state index in [1.807, 2.05) is 36.4 Å². The Balaban J connectivity index is 1.57. The molecule has 4 aromatic rings. The lowest BCUT2D eigenvalue weighted by molar-refractivity contribution is -0.123. The van der Waals surface area contributed by atoms with Crippen molar-refractivity contribution in [1.82, 2.24) is 9.78 Å². The smallest absolute Gasteiger partial charge is 0.360 e. The van der Waals surface area contributed by atoms with Gasteiger partial charge in [-0.05, 0) is 24.4 Å². The lowest BCUT2D eigenvalue weighted by atomic mass is 10.1. The zero-order chi connectivity index (χ0) is 21.3. The summed E-state index contributed by atoms with van der Waals surface area (Å²) in [6.45, 7) is 1.49. The van der Waals surface area contributed by atoms with Crippen LogP contribution in [-0.4, -0.2) is 27.8 Å². The predicted molar refractivity (Wildman–Crippen MR) is 114 cm³/mol. The van der Waals surface area contributed by atoms with Crippen molar-refractivity contribution in [1.29, 1.82) is 0 Å². The van der Waals surface area contributed by atoms with Gasteiger partial charge in [0.1, 0.15) is 0 Å². The zero-order valence-corrected chi connectivity index (χ0v) is 16.5. The monoisotopic (exact) mass is 401 g/mol. The van der Waals surface area contributed by atoms with E-state index in [0.29, 0.717) is 16.5 Å². The molecule has 150 valence electrons. The largest absolute Gasteiger partial charge is 0.448 e. The minimum atomic E-state index is -1.06. The van der Waals surface area contributed by atoms with Crippen LogP contribution in [0.1, 0.15) is 17.4 Å². The maximum atomic E-state index is 12.7. The molecule has 1 N–H and O–H groups in total. The van der Waals surface area contributed by atoms with Crippen LogP contribution in [-0.2, 0) is 16.6 Å². The molecular formula is C23H19N3O4. The van der Waals surface area contributed by atoms with Crippen LogP contribution in [0.3, 0.4) is 0 Å². The van der Waals surface area contributed by atoms with E-state index in [2.05, 4.69) is 10.4 Å². The standard InChI is InChI=1S/C23H19N3O4/c1-14(21(27)24-19-13-7-9-15-8-3-4-10-16(15)19)30-23(29)20-17-11-5-6-12-18(17)22(28)26(2)25-20/h3-14H,1-2H3,(H,24,27). The molecule has 0 fully saturated rings. The van der Waals surface area contributed by atoms with Gasteiger partial charge >= 0.3 is 5.97 Å². The summed E-state index contributed by atoms with van der Waals surface area (Å²) in [5.74, 6) is -1.24. The minimum absolute atomic E-state index is 0.0162. The van der Waals surface area contributed by atoms with E-state index in [1.165, 1.54) is 14.0 Å². The number of hydrogen-bond acceptors (Lipinski definition) is 5. The Hall–Kier alpha value is -4.00. The van der Waals surface area contributed by atoms with Crippen LogP contribution >= 0.6 is 0 Å². The summed E-state index contributed by atoms with van der Waals surface area (Å²) in [4.78, 5) is 37.6. The van der Waals surface area contributed by atoms with Crippen LogP contribution in [0.2, 0.25) is 0 Å². The van der Waals surface area contributed by atoms with E-state index in [-0.39, 0.29) is 11.3 Å². The van der Waals surface area contributed by atoms with E-state index in [9.17, 15) is 14.4 Å². The van der Waals surface area contributed by atoms with Crippen molar-refractivity contribution in [3.05, 3.63) is 82.8 Å². The van der Waals surface area contributed by atoms with Crippen LogP contribution in [0, 0.1) is 0 Å². The van der Waals surface area contributed by atoms with Crippen molar-refractivity contribution in [3.63, 3.8) is 0 Å². The number of ether oxygens (including phenoxy) is 1. The van der Waals surface area contributed by atoms with Gasteiger partial charge in [-0.25, -0.2) is 9.48 Å². The first-order chi connectivity index (χ1) is 14.5. The number of nitrogens with one attached hydrogen (secondary N) is 1. The number of rotatable bonds is 4. The van der Waals surface area contributed by atoms with Crippen molar-refractivity contribution in [3.8, 4) is 0 Å². The topological polar surface area (TPSA) is 90.3 Å². The number of esters is 1. The average Bonchev–Trinajstić information content (AvgIpc) is 2.76. The highest BCUT2D eigenvalue weighted by Crippen LogP contribution is 2.23. The lowest BCUT2D eigenvalue weighted by Gasteiger charge is -2.15. The fourth-order valence-corrected chi connectivity index (χ4v) is 3.29. The third-order valence-electron chi connectivity index (χ3n) is 4.85. The third kappa shape index (κ3) is 3.53. The molecule has 0 radical (unpaired) electrons. The highest BCUT2D eigenvalue weighted by atomic mass is 16.5. The Labute approximate surface area is 171 Å². The maximum Gasteiger partial charge on any atom is 0.360 e. The number of aryl methyl sites for hydroxylation is 1. The van der Waals surface area contributed by atoms with Crippen molar-refractivity contribution in [2.24, 2.45) is 7.05 Å². The van der Waals surface area contributed by atoms with Crippen molar-refractivity contribution >= 4 is 39.1 Å². The summed E-state index contributed by atoms with van der Waals surface area (Å²) in [5.41, 5.74) is 0.299. The summed E-state index contributed by atoms with van der Waals surface area (Å²) < 4.78 is 6.44. The van der Waals surface area contributed by atoms with Gasteiger partial charge in [-0.2, -0.15) is 5.10 Å². The molecule has 0 bridgehead atoms. The van der Waals surface area contributed by atoms with Crippen LogP contribution in [0.4, 0.5) is 5.69 Å². The minimum Gasteiger partial charge on any atom is -0.448 e. The summed E-state index contributed by atoms with van der Waals surface area (Å²) in [6.07, 6.45) is -1.06. The van der Waals surface area contributed by atoms with Gasteiger partial charge < -0.3 is 10.1 Å². The number of carbonyl (C=O) groups excluding carboxylic acids is 2.